The molecule has 0 aromatic heterocycles. The number of amides is 2. The summed E-state index contributed by atoms with van der Waals surface area (Å²) in [5.41, 5.74) is 4.48. The number of benzene rings is 3. The van der Waals surface area contributed by atoms with Crippen molar-refractivity contribution >= 4 is 17.5 Å². The van der Waals surface area contributed by atoms with Crippen molar-refractivity contribution in [3.05, 3.63) is 82.9 Å². The Kier molecular flexibility index (Phi) is 6.54. The third kappa shape index (κ3) is 4.15. The van der Waals surface area contributed by atoms with Gasteiger partial charge in [-0.3, -0.25) is 9.59 Å². The van der Waals surface area contributed by atoms with Crippen molar-refractivity contribution in [2.75, 3.05) is 59.0 Å². The molecule has 0 radical (unpaired) electrons. The summed E-state index contributed by atoms with van der Waals surface area (Å²) in [5, 5.41) is 0. The predicted octanol–water partition coefficient (Wildman–Crippen LogP) is 3.90. The van der Waals surface area contributed by atoms with Crippen molar-refractivity contribution < 1.29 is 23.8 Å². The minimum Gasteiger partial charge on any atom is -0.495 e. The molecule has 39 heavy (non-hydrogen) atoms. The lowest BCUT2D eigenvalue weighted by Gasteiger charge is -2.47. The van der Waals surface area contributed by atoms with E-state index in [1.54, 1.807) is 21.3 Å². The number of anilines is 1. The Labute approximate surface area is 228 Å². The molecule has 8 heteroatoms. The molecule has 0 spiro atoms. The number of hydrogen-bond acceptors (Lipinski definition) is 6. The van der Waals surface area contributed by atoms with Crippen LogP contribution in [0.25, 0.3) is 0 Å². The minimum atomic E-state index is -0.506. The molecule has 8 nitrogen and oxygen atoms in total. The predicted molar refractivity (Wildman–Crippen MR) is 148 cm³/mol. The van der Waals surface area contributed by atoms with Crippen molar-refractivity contribution in [1.82, 2.24) is 9.80 Å². The Balaban J connectivity index is 1.36. The quantitative estimate of drug-likeness (QED) is 0.501. The third-order valence-corrected chi connectivity index (χ3v) is 8.31. The SMILES string of the molecule is COc1cc2c(cc1OC)C1C(C(=O)N3CCN(c4ccccc4OC)CC3)c3ccccc3C(=O)N1CC2. The number of fused-ring (bicyclic) bond motifs is 4. The molecule has 3 heterocycles. The lowest BCUT2D eigenvalue weighted by molar-refractivity contribution is -0.135. The molecule has 6 rings (SSSR count). The molecule has 0 aliphatic carbocycles. The summed E-state index contributed by atoms with van der Waals surface area (Å²) in [6.07, 6.45) is 0.693. The average Bonchev–Trinajstić information content (AvgIpc) is 3.00. The highest BCUT2D eigenvalue weighted by molar-refractivity contribution is 6.01. The van der Waals surface area contributed by atoms with E-state index < -0.39 is 12.0 Å². The number of piperazine rings is 1. The number of hydrogen-bond donors (Lipinski definition) is 0. The van der Waals surface area contributed by atoms with E-state index in [0.717, 1.165) is 28.1 Å². The van der Waals surface area contributed by atoms with Crippen LogP contribution < -0.4 is 19.1 Å². The van der Waals surface area contributed by atoms with E-state index in [9.17, 15) is 9.59 Å². The molecule has 3 aliphatic heterocycles. The second-order valence-electron chi connectivity index (χ2n) is 10.1. The number of para-hydroxylation sites is 2. The summed E-state index contributed by atoms with van der Waals surface area (Å²) in [4.78, 5) is 34.2. The molecular weight excluding hydrogens is 494 g/mol. The molecule has 1 saturated heterocycles. The zero-order valence-electron chi connectivity index (χ0n) is 22.6. The van der Waals surface area contributed by atoms with Gasteiger partial charge < -0.3 is 28.9 Å². The highest BCUT2D eigenvalue weighted by Gasteiger charge is 2.48. The highest BCUT2D eigenvalue weighted by atomic mass is 16.5. The van der Waals surface area contributed by atoms with Crippen LogP contribution in [0.3, 0.4) is 0 Å². The van der Waals surface area contributed by atoms with Crippen molar-refractivity contribution in [2.24, 2.45) is 0 Å². The first-order valence-electron chi connectivity index (χ1n) is 13.4. The molecule has 3 aliphatic rings. The first-order chi connectivity index (χ1) is 19.0. The monoisotopic (exact) mass is 527 g/mol. The molecule has 3 aromatic carbocycles. The first-order valence-corrected chi connectivity index (χ1v) is 13.4. The zero-order chi connectivity index (χ0) is 27.1. The number of ether oxygens (including phenoxy) is 3. The van der Waals surface area contributed by atoms with Crippen LogP contribution in [-0.2, 0) is 11.2 Å². The van der Waals surface area contributed by atoms with E-state index in [0.29, 0.717) is 56.2 Å². The van der Waals surface area contributed by atoms with Gasteiger partial charge in [-0.25, -0.2) is 0 Å². The van der Waals surface area contributed by atoms with Crippen LogP contribution >= 0.6 is 0 Å². The Morgan fingerprint density at radius 1 is 0.769 bits per heavy atom. The molecule has 0 saturated carbocycles. The van der Waals surface area contributed by atoms with Crippen LogP contribution in [0.1, 0.15) is 39.0 Å². The molecular formula is C31H33N3O5. The second-order valence-corrected chi connectivity index (χ2v) is 10.1. The maximum absolute atomic E-state index is 14.4. The fraction of sp³-hybridized carbons (Fsp3) is 0.355. The Bertz CT molecular complexity index is 1420. The smallest absolute Gasteiger partial charge is 0.254 e. The van der Waals surface area contributed by atoms with Gasteiger partial charge in [-0.15, -0.1) is 0 Å². The van der Waals surface area contributed by atoms with E-state index in [4.69, 9.17) is 14.2 Å². The van der Waals surface area contributed by atoms with Gasteiger partial charge in [0.25, 0.3) is 5.91 Å². The fourth-order valence-corrected chi connectivity index (χ4v) is 6.38. The van der Waals surface area contributed by atoms with Gasteiger partial charge >= 0.3 is 0 Å². The van der Waals surface area contributed by atoms with Crippen molar-refractivity contribution in [3.8, 4) is 17.2 Å². The van der Waals surface area contributed by atoms with Crippen molar-refractivity contribution in [2.45, 2.75) is 18.4 Å². The van der Waals surface area contributed by atoms with Crippen LogP contribution in [0, 0.1) is 0 Å². The van der Waals surface area contributed by atoms with Gasteiger partial charge in [-0.2, -0.15) is 0 Å². The standard InChI is InChI=1S/C31H33N3O5/c1-37-25-11-7-6-10-24(25)32-14-16-33(17-15-32)31(36)28-21-8-4-5-9-22(21)30(35)34-13-12-20-18-26(38-2)27(39-3)19-23(20)29(28)34/h4-11,18-19,28-29H,12-17H2,1-3H3. The van der Waals surface area contributed by atoms with Gasteiger partial charge in [-0.05, 0) is 53.4 Å². The maximum Gasteiger partial charge on any atom is 0.254 e. The summed E-state index contributed by atoms with van der Waals surface area (Å²) in [6, 6.07) is 19.1. The summed E-state index contributed by atoms with van der Waals surface area (Å²) in [7, 11) is 4.91. The van der Waals surface area contributed by atoms with Crippen molar-refractivity contribution in [1.29, 1.82) is 0 Å². The van der Waals surface area contributed by atoms with Gasteiger partial charge in [0.15, 0.2) is 11.5 Å². The second kappa shape index (κ2) is 10.2. The summed E-state index contributed by atoms with van der Waals surface area (Å²) < 4.78 is 16.7. The van der Waals surface area contributed by atoms with Gasteiger partial charge in [0.2, 0.25) is 5.91 Å². The van der Waals surface area contributed by atoms with Gasteiger partial charge in [0.05, 0.1) is 39.0 Å². The number of carbonyl (C=O) groups excluding carboxylic acids is 2. The van der Waals surface area contributed by atoms with Gasteiger partial charge in [-0.1, -0.05) is 30.3 Å². The van der Waals surface area contributed by atoms with Gasteiger partial charge in [0, 0.05) is 38.3 Å². The van der Waals surface area contributed by atoms with Crippen molar-refractivity contribution in [3.63, 3.8) is 0 Å². The number of rotatable bonds is 5. The number of carbonyl (C=O) groups is 2. The zero-order valence-corrected chi connectivity index (χ0v) is 22.6. The van der Waals surface area contributed by atoms with Gasteiger partial charge in [0.1, 0.15) is 5.75 Å². The third-order valence-electron chi connectivity index (χ3n) is 8.31. The van der Waals surface area contributed by atoms with E-state index >= 15 is 0 Å². The number of methoxy groups -OCH3 is 3. The Morgan fingerprint density at radius 3 is 2.18 bits per heavy atom. The molecule has 1 fully saturated rings. The molecule has 202 valence electrons. The first kappa shape index (κ1) is 25.1. The average molecular weight is 528 g/mol. The van der Waals surface area contributed by atoms with Crippen LogP contribution in [0.4, 0.5) is 5.69 Å². The largest absolute Gasteiger partial charge is 0.495 e. The highest BCUT2D eigenvalue weighted by Crippen LogP contribution is 2.49. The van der Waals surface area contributed by atoms with E-state index in [1.807, 2.05) is 64.4 Å². The number of nitrogens with zero attached hydrogens (tertiary/aromatic N) is 3. The molecule has 2 unspecified atom stereocenters. The normalized spacial score (nSPS) is 20.1. The Hall–Kier alpha value is -4.20. The molecule has 3 aromatic rings. The van der Waals surface area contributed by atoms with E-state index in [2.05, 4.69) is 11.0 Å². The van der Waals surface area contributed by atoms with E-state index in [1.165, 1.54) is 0 Å². The summed E-state index contributed by atoms with van der Waals surface area (Å²) in [5.74, 6) is 1.60. The topological polar surface area (TPSA) is 71.5 Å². The van der Waals surface area contributed by atoms with Crippen LogP contribution in [0.5, 0.6) is 17.2 Å². The maximum atomic E-state index is 14.4. The summed E-state index contributed by atoms with van der Waals surface area (Å²) >= 11 is 0. The van der Waals surface area contributed by atoms with E-state index in [-0.39, 0.29) is 11.8 Å². The molecule has 0 bridgehead atoms. The van der Waals surface area contributed by atoms with Crippen LogP contribution in [0.2, 0.25) is 0 Å². The fourth-order valence-electron chi connectivity index (χ4n) is 6.38. The van der Waals surface area contributed by atoms with Crippen LogP contribution in [-0.4, -0.2) is 75.7 Å². The molecule has 0 N–H and O–H groups in total. The lowest BCUT2D eigenvalue weighted by Crippen LogP contribution is -2.54. The van der Waals surface area contributed by atoms with Crippen LogP contribution in [0.15, 0.2) is 60.7 Å². The molecule has 2 amide bonds. The Morgan fingerprint density at radius 2 is 1.44 bits per heavy atom. The lowest BCUT2D eigenvalue weighted by atomic mass is 9.75. The molecule has 2 atom stereocenters. The summed E-state index contributed by atoms with van der Waals surface area (Å²) in [6.45, 7) is 3.14. The minimum absolute atomic E-state index is 0.0268.